The Morgan fingerprint density at radius 3 is 1.19 bits per heavy atom. The topological polar surface area (TPSA) is 30.1 Å². The number of aromatic nitrogens is 3. The number of benzene rings is 18. The molecule has 1 N–H and O–H groups in total. The zero-order valence-corrected chi connectivity index (χ0v) is 70.6. The van der Waals surface area contributed by atoms with Gasteiger partial charge in [0.2, 0.25) is 6.71 Å². The molecular formula is C120H94BN5. The summed E-state index contributed by atoms with van der Waals surface area (Å²) < 4.78 is 237. The molecule has 0 saturated carbocycles. The predicted octanol–water partition coefficient (Wildman–Crippen LogP) is 30.6. The molecule has 5 nitrogen and oxygen atoms in total. The smallest absolute Gasteiger partial charge is 0.249 e. The van der Waals surface area contributed by atoms with Crippen LogP contribution in [0.25, 0.3) is 171 Å². The summed E-state index contributed by atoms with van der Waals surface area (Å²) in [6.07, 6.45) is 0. The van der Waals surface area contributed by atoms with Crippen molar-refractivity contribution in [2.45, 2.75) is 78.6 Å². The maximum absolute atomic E-state index is 10.6. The summed E-state index contributed by atoms with van der Waals surface area (Å²) in [6.45, 7) is 18.4. The minimum atomic E-state index is -1.03. The summed E-state index contributed by atoms with van der Waals surface area (Å²) in [5.41, 5.74) is 15.3. The summed E-state index contributed by atoms with van der Waals surface area (Å²) >= 11 is 0. The molecule has 0 spiro atoms. The van der Waals surface area contributed by atoms with Crippen LogP contribution in [0, 0.1) is 0 Å². The van der Waals surface area contributed by atoms with Gasteiger partial charge in [0.1, 0.15) is 0 Å². The first-order valence-electron chi connectivity index (χ1n) is 54.4. The van der Waals surface area contributed by atoms with E-state index < -0.39 is 190 Å². The lowest BCUT2D eigenvalue weighted by molar-refractivity contribution is 0.590. The lowest BCUT2D eigenvalue weighted by Gasteiger charge is -2.41. The first kappa shape index (κ1) is 54.5. The van der Waals surface area contributed by atoms with Gasteiger partial charge in [0.15, 0.2) is 0 Å². The number of fused-ring (bicyclic) bond motifs is 6. The number of para-hydroxylation sites is 3. The largest absolute Gasteiger partial charge is 0.355 e. The molecule has 0 atom stereocenters. The predicted molar refractivity (Wildman–Crippen MR) is 538 cm³/mol. The van der Waals surface area contributed by atoms with Gasteiger partial charge in [-0.3, -0.25) is 0 Å². The monoisotopic (exact) mass is 1640 g/mol. The number of anilines is 5. The van der Waals surface area contributed by atoms with Gasteiger partial charge >= 0.3 is 0 Å². The first-order chi connectivity index (χ1) is 71.4. The normalized spacial score (nSPS) is 15.3. The van der Waals surface area contributed by atoms with Crippen LogP contribution in [0.1, 0.15) is 112 Å². The molecule has 6 heteroatoms. The van der Waals surface area contributed by atoms with Gasteiger partial charge in [-0.15, -0.1) is 0 Å². The van der Waals surface area contributed by atoms with E-state index in [0.717, 1.165) is 111 Å². The Kier molecular flexibility index (Phi) is 12.7. The highest BCUT2D eigenvalue weighted by atomic mass is 15.2. The molecule has 24 rings (SSSR count). The Balaban J connectivity index is 0.925. The molecule has 3 aliphatic rings. The molecule has 0 fully saturated rings. The van der Waals surface area contributed by atoms with Crippen molar-refractivity contribution in [1.82, 2.24) is 13.7 Å². The highest BCUT2D eigenvalue weighted by Gasteiger charge is 2.41. The van der Waals surface area contributed by atoms with E-state index in [0.29, 0.717) is 44.8 Å². The van der Waals surface area contributed by atoms with Crippen LogP contribution in [0.4, 0.5) is 28.4 Å². The minimum Gasteiger partial charge on any atom is -0.355 e. The Bertz CT molecular complexity index is 9480. The SMILES string of the molecule is [2H]c1c([2H])c([2H])c(-c2c([2H])c([2H])c3c(c2[2H])c2c([2H])c([2H])c([2H])c([2H])c2n3-c2ccc3c(c2)Nc2c(-c4ccccc4)cc(C(C)(C)C)cc2-c2cccc(c2)-c2ccc4c(c2)c2cc(ccc2n4-c2ccccc2)-c2cccc(c2)-c2cc(C(C)(C)C)cc(-c4ccccc4)c2N2c4cc(-n5c6c([2H])c([2H])c([2H])c([2H])c6c6c([2H])c(-c7c([2H])c([2H])c([2H])c([2H])c7[2H])c([2H])c([2H])c65)ccc4B3c3ccc(C(C)(C)C)cc32)c([2H])c1[2H]. The van der Waals surface area contributed by atoms with Crippen LogP contribution < -0.4 is 26.6 Å². The number of rotatable bonds is 7. The van der Waals surface area contributed by atoms with E-state index in [1.807, 2.05) is 91.0 Å². The zero-order valence-electron chi connectivity index (χ0n) is 94.6. The van der Waals surface area contributed by atoms with E-state index in [-0.39, 0.29) is 55.0 Å². The highest BCUT2D eigenvalue weighted by Crippen LogP contribution is 2.53. The third-order valence-corrected chi connectivity index (χ3v) is 25.1. The van der Waals surface area contributed by atoms with Crippen molar-refractivity contribution < 1.29 is 32.9 Å². The van der Waals surface area contributed by atoms with Crippen molar-refractivity contribution >= 4 is 117 Å². The molecule has 0 aliphatic carbocycles. The van der Waals surface area contributed by atoms with E-state index in [1.165, 1.54) is 9.13 Å². The van der Waals surface area contributed by atoms with Gasteiger partial charge in [0.05, 0.1) is 77.4 Å². The van der Waals surface area contributed by atoms with Crippen LogP contribution in [-0.4, -0.2) is 20.4 Å². The van der Waals surface area contributed by atoms with Gasteiger partial charge in [-0.25, -0.2) is 0 Å². The Morgan fingerprint density at radius 1 is 0.254 bits per heavy atom. The van der Waals surface area contributed by atoms with Crippen LogP contribution in [0.5, 0.6) is 0 Å². The fourth-order valence-corrected chi connectivity index (χ4v) is 18.8. The average Bonchev–Trinajstić information content (AvgIpc) is 1.45. The molecule has 602 valence electrons. The van der Waals surface area contributed by atoms with Crippen LogP contribution >= 0.6 is 0 Å². The van der Waals surface area contributed by atoms with E-state index in [9.17, 15) is 24.7 Å². The second-order valence-electron chi connectivity index (χ2n) is 35.9. The van der Waals surface area contributed by atoms with Crippen LogP contribution in [0.2, 0.25) is 0 Å². The van der Waals surface area contributed by atoms with Crippen molar-refractivity contribution in [3.05, 3.63) is 416 Å². The lowest BCUT2D eigenvalue weighted by atomic mass is 9.34. The fraction of sp³-hybridized carbons (Fsp3) is 0.100. The maximum atomic E-state index is 10.6. The molecular weight excluding hydrogens is 1520 g/mol. The summed E-state index contributed by atoms with van der Waals surface area (Å²) in [7, 11) is 0. The summed E-state index contributed by atoms with van der Waals surface area (Å²) in [5, 5.41) is 5.12. The third-order valence-electron chi connectivity index (χ3n) is 25.1. The Morgan fingerprint density at radius 2 is 0.659 bits per heavy atom. The van der Waals surface area contributed by atoms with E-state index in [4.69, 9.17) is 8.22 Å². The molecule has 3 aromatic heterocycles. The fourth-order valence-electron chi connectivity index (χ4n) is 18.8. The summed E-state index contributed by atoms with van der Waals surface area (Å²) in [6, 6.07) is 70.0. The van der Waals surface area contributed by atoms with Gasteiger partial charge in [-0.2, -0.15) is 0 Å². The average molecular weight is 1640 g/mol. The first-order valence-corrected chi connectivity index (χ1v) is 42.4. The molecule has 18 aromatic carbocycles. The van der Waals surface area contributed by atoms with Gasteiger partial charge < -0.3 is 23.9 Å². The van der Waals surface area contributed by atoms with E-state index in [1.54, 1.807) is 12.1 Å². The van der Waals surface area contributed by atoms with Gasteiger partial charge in [0, 0.05) is 88.7 Å². The molecule has 0 radical (unpaired) electrons. The zero-order chi connectivity index (χ0) is 106. The number of hydrogen-bond acceptors (Lipinski definition) is 2. The molecule has 3 aliphatic heterocycles. The van der Waals surface area contributed by atoms with Gasteiger partial charge in [-0.1, -0.05) is 323 Å². The number of nitrogens with zero attached hydrogens (tertiary/aromatic N) is 4. The summed E-state index contributed by atoms with van der Waals surface area (Å²) in [5.74, 6) is 0. The second-order valence-corrected chi connectivity index (χ2v) is 35.9. The quantitative estimate of drug-likeness (QED) is 0.161. The standard InChI is InChI=1S/C120H94BN5/c1-118(2,3)88-53-56-105-114(73-88)126-115-75-93(125-109-48-28-26-46-95(109)101-66-83(50-60-111(101)125)77-33-17-11-18-34-77)55-58-106(115)121(105)104-57-54-92(124-108-47-27-25-45-94(108)100-65-82(49-59-110(100)124)76-31-15-10-16-32-76)74-107(104)122-116-96(78-35-19-12-20-36-78)69-89(119(4,5)6)70-97(116)86-41-29-39-80(63-86)84-51-61-112-102(67-84)103-68-85(52-62-113(103)123(112)91-43-23-14-24-44-91)81-40-30-42-87(64-81)99-72-90(120(7,8)9)71-98(117(99)126)79-37-21-13-22-38-79/h10-75,122H,1-9H3/i10D,11D,15D,16D,17D,18D,25D,26D,27D,28D,31D,32D,33D,34D,45D,46D,47D,48D,49D,50D,59D,60D,65D,66D. The van der Waals surface area contributed by atoms with Crippen molar-refractivity contribution in [1.29, 1.82) is 0 Å². The molecule has 0 unspecified atom stereocenters. The van der Waals surface area contributed by atoms with Crippen molar-refractivity contribution in [2.24, 2.45) is 0 Å². The van der Waals surface area contributed by atoms with Crippen molar-refractivity contribution in [3.8, 4) is 106 Å². The third kappa shape index (κ3) is 12.7. The van der Waals surface area contributed by atoms with Crippen LogP contribution in [0.3, 0.4) is 0 Å². The molecule has 0 saturated heterocycles. The van der Waals surface area contributed by atoms with Gasteiger partial charge in [-0.05, 0) is 255 Å². The molecule has 21 aromatic rings. The molecule has 0 amide bonds. The minimum absolute atomic E-state index is 0.132. The van der Waals surface area contributed by atoms with Crippen molar-refractivity contribution in [2.75, 3.05) is 10.2 Å². The van der Waals surface area contributed by atoms with E-state index in [2.05, 4.69) is 229 Å². The molecule has 10 bridgehead atoms. The second kappa shape index (κ2) is 29.4. The summed E-state index contributed by atoms with van der Waals surface area (Å²) in [4.78, 5) is 2.25. The molecule has 126 heavy (non-hydrogen) atoms. The Hall–Kier alpha value is -15.0. The highest BCUT2D eigenvalue weighted by molar-refractivity contribution is 6.99. The number of nitrogens with one attached hydrogen (secondary N) is 1. The van der Waals surface area contributed by atoms with Crippen LogP contribution in [-0.2, 0) is 16.2 Å². The maximum Gasteiger partial charge on any atom is 0.249 e. The van der Waals surface area contributed by atoms with E-state index >= 15 is 0 Å². The van der Waals surface area contributed by atoms with Gasteiger partial charge in [0.25, 0.3) is 0 Å². The Labute approximate surface area is 771 Å². The lowest BCUT2D eigenvalue weighted by Crippen LogP contribution is -2.58. The molecule has 6 heterocycles. The number of hydrogen-bond donors (Lipinski definition) is 1. The van der Waals surface area contributed by atoms with Crippen molar-refractivity contribution in [3.63, 3.8) is 0 Å². The van der Waals surface area contributed by atoms with Crippen LogP contribution in [0.15, 0.2) is 400 Å².